The van der Waals surface area contributed by atoms with Crippen LogP contribution in [0.25, 0.3) is 0 Å². The van der Waals surface area contributed by atoms with E-state index in [-0.39, 0.29) is 5.97 Å². The van der Waals surface area contributed by atoms with Crippen LogP contribution in [0.2, 0.25) is 5.02 Å². The second-order valence-corrected chi connectivity index (χ2v) is 5.15. The molecule has 0 aromatic heterocycles. The first-order valence-electron chi connectivity index (χ1n) is 6.82. The molecule has 3 nitrogen and oxygen atoms in total. The molecular formula is C17H18ClNO2. The Hall–Kier alpha value is -2.00. The van der Waals surface area contributed by atoms with E-state index >= 15 is 0 Å². The topological polar surface area (TPSA) is 38.3 Å². The normalized spacial score (nSPS) is 10.2. The van der Waals surface area contributed by atoms with Crippen molar-refractivity contribution in [2.75, 3.05) is 12.4 Å². The lowest BCUT2D eigenvalue weighted by molar-refractivity contribution is -0.140. The molecule has 0 atom stereocenters. The number of anilines is 1. The van der Waals surface area contributed by atoms with Crippen LogP contribution in [-0.4, -0.2) is 13.1 Å². The molecule has 0 bridgehead atoms. The predicted octanol–water partition coefficient (Wildman–Crippen LogP) is 4.06. The van der Waals surface area contributed by atoms with E-state index in [0.29, 0.717) is 19.4 Å². The molecule has 0 saturated heterocycles. The summed E-state index contributed by atoms with van der Waals surface area (Å²) >= 11 is 5.87. The van der Waals surface area contributed by atoms with Crippen LogP contribution in [0.4, 0.5) is 5.69 Å². The van der Waals surface area contributed by atoms with E-state index < -0.39 is 0 Å². The van der Waals surface area contributed by atoms with Crippen molar-refractivity contribution in [3.63, 3.8) is 0 Å². The fourth-order valence-electron chi connectivity index (χ4n) is 2.05. The van der Waals surface area contributed by atoms with Gasteiger partial charge in [-0.1, -0.05) is 41.9 Å². The lowest BCUT2D eigenvalue weighted by Gasteiger charge is -2.12. The smallest absolute Gasteiger partial charge is 0.305 e. The average molecular weight is 304 g/mol. The Morgan fingerprint density at radius 3 is 2.57 bits per heavy atom. The molecule has 0 spiro atoms. The van der Waals surface area contributed by atoms with E-state index in [4.69, 9.17) is 11.6 Å². The van der Waals surface area contributed by atoms with E-state index in [2.05, 4.69) is 10.1 Å². The van der Waals surface area contributed by atoms with Crippen LogP contribution in [0.5, 0.6) is 0 Å². The standard InChI is InChI=1S/C17H18ClNO2/c1-21-17(20)11-8-14-4-2-3-5-16(14)19-12-13-6-9-15(18)10-7-13/h2-7,9-10,19H,8,11-12H2,1H3. The number of ether oxygens (including phenoxy) is 1. The average Bonchev–Trinajstić information content (AvgIpc) is 2.52. The first kappa shape index (κ1) is 15.4. The second kappa shape index (κ2) is 7.70. The lowest BCUT2D eigenvalue weighted by atomic mass is 10.1. The van der Waals surface area contributed by atoms with Crippen LogP contribution in [-0.2, 0) is 22.5 Å². The maximum Gasteiger partial charge on any atom is 0.305 e. The molecule has 2 aromatic carbocycles. The number of aryl methyl sites for hydroxylation is 1. The summed E-state index contributed by atoms with van der Waals surface area (Å²) in [5, 5.41) is 4.13. The van der Waals surface area contributed by atoms with Crippen molar-refractivity contribution in [1.29, 1.82) is 0 Å². The third kappa shape index (κ3) is 4.80. The maximum atomic E-state index is 11.3. The van der Waals surface area contributed by atoms with Gasteiger partial charge in [-0.15, -0.1) is 0 Å². The number of rotatable bonds is 6. The van der Waals surface area contributed by atoms with Crippen LogP contribution in [0.15, 0.2) is 48.5 Å². The molecule has 4 heteroatoms. The summed E-state index contributed by atoms with van der Waals surface area (Å²) in [4.78, 5) is 11.3. The summed E-state index contributed by atoms with van der Waals surface area (Å²) in [5.74, 6) is -0.192. The summed E-state index contributed by atoms with van der Waals surface area (Å²) in [6.45, 7) is 0.715. The number of esters is 1. The fraction of sp³-hybridized carbons (Fsp3) is 0.235. The zero-order valence-electron chi connectivity index (χ0n) is 11.9. The highest BCUT2D eigenvalue weighted by molar-refractivity contribution is 6.30. The summed E-state index contributed by atoms with van der Waals surface area (Å²) in [6, 6.07) is 15.7. The Morgan fingerprint density at radius 2 is 1.86 bits per heavy atom. The monoisotopic (exact) mass is 303 g/mol. The van der Waals surface area contributed by atoms with E-state index in [1.807, 2.05) is 48.5 Å². The molecule has 0 unspecified atom stereocenters. The van der Waals surface area contributed by atoms with Gasteiger partial charge in [-0.05, 0) is 35.7 Å². The van der Waals surface area contributed by atoms with E-state index in [1.54, 1.807) is 0 Å². The van der Waals surface area contributed by atoms with Crippen molar-refractivity contribution in [1.82, 2.24) is 0 Å². The minimum Gasteiger partial charge on any atom is -0.469 e. The van der Waals surface area contributed by atoms with Crippen molar-refractivity contribution < 1.29 is 9.53 Å². The minimum atomic E-state index is -0.192. The molecule has 0 heterocycles. The van der Waals surface area contributed by atoms with Crippen LogP contribution in [0.1, 0.15) is 17.5 Å². The fourth-order valence-corrected chi connectivity index (χ4v) is 2.18. The Balaban J connectivity index is 1.99. The molecule has 0 aliphatic rings. The molecule has 0 saturated carbocycles. The predicted molar refractivity (Wildman–Crippen MR) is 85.6 cm³/mol. The summed E-state index contributed by atoms with van der Waals surface area (Å²) in [7, 11) is 1.41. The molecule has 110 valence electrons. The van der Waals surface area contributed by atoms with Gasteiger partial charge >= 0.3 is 5.97 Å². The summed E-state index contributed by atoms with van der Waals surface area (Å²) in [5.41, 5.74) is 3.30. The first-order valence-corrected chi connectivity index (χ1v) is 7.20. The van der Waals surface area contributed by atoms with Crippen molar-refractivity contribution in [2.45, 2.75) is 19.4 Å². The molecule has 2 rings (SSSR count). The van der Waals surface area contributed by atoms with E-state index in [0.717, 1.165) is 21.8 Å². The highest BCUT2D eigenvalue weighted by atomic mass is 35.5. The van der Waals surface area contributed by atoms with Crippen molar-refractivity contribution in [2.24, 2.45) is 0 Å². The molecule has 1 N–H and O–H groups in total. The number of hydrogen-bond acceptors (Lipinski definition) is 3. The Bertz CT molecular complexity index is 596. The maximum absolute atomic E-state index is 11.3. The van der Waals surface area contributed by atoms with Gasteiger partial charge in [0.2, 0.25) is 0 Å². The van der Waals surface area contributed by atoms with Crippen LogP contribution in [0.3, 0.4) is 0 Å². The highest BCUT2D eigenvalue weighted by Crippen LogP contribution is 2.18. The molecule has 0 radical (unpaired) electrons. The van der Waals surface area contributed by atoms with Gasteiger partial charge in [-0.3, -0.25) is 4.79 Å². The Morgan fingerprint density at radius 1 is 1.14 bits per heavy atom. The highest BCUT2D eigenvalue weighted by Gasteiger charge is 2.05. The lowest BCUT2D eigenvalue weighted by Crippen LogP contribution is -2.05. The van der Waals surface area contributed by atoms with Crippen LogP contribution >= 0.6 is 11.6 Å². The number of para-hydroxylation sites is 1. The number of benzene rings is 2. The first-order chi connectivity index (χ1) is 10.2. The zero-order valence-corrected chi connectivity index (χ0v) is 12.7. The van der Waals surface area contributed by atoms with Crippen LogP contribution in [0, 0.1) is 0 Å². The molecule has 0 aliphatic carbocycles. The van der Waals surface area contributed by atoms with Crippen molar-refractivity contribution >= 4 is 23.3 Å². The van der Waals surface area contributed by atoms with Gasteiger partial charge in [0.05, 0.1) is 7.11 Å². The molecule has 0 fully saturated rings. The Labute approximate surface area is 129 Å². The largest absolute Gasteiger partial charge is 0.469 e. The van der Waals surface area contributed by atoms with Gasteiger partial charge in [0.25, 0.3) is 0 Å². The van der Waals surface area contributed by atoms with Crippen molar-refractivity contribution in [3.05, 3.63) is 64.7 Å². The number of carbonyl (C=O) groups is 1. The van der Waals surface area contributed by atoms with Gasteiger partial charge < -0.3 is 10.1 Å². The molecule has 2 aromatic rings. The van der Waals surface area contributed by atoms with Gasteiger partial charge in [0.1, 0.15) is 0 Å². The van der Waals surface area contributed by atoms with Crippen LogP contribution < -0.4 is 5.32 Å². The summed E-state index contributed by atoms with van der Waals surface area (Å²) in [6.07, 6.45) is 1.05. The SMILES string of the molecule is COC(=O)CCc1ccccc1NCc1ccc(Cl)cc1. The molecule has 0 amide bonds. The number of methoxy groups -OCH3 is 1. The minimum absolute atomic E-state index is 0.192. The molecule has 0 aliphatic heterocycles. The van der Waals surface area contributed by atoms with E-state index in [1.165, 1.54) is 7.11 Å². The van der Waals surface area contributed by atoms with Gasteiger partial charge in [-0.25, -0.2) is 0 Å². The molecule has 21 heavy (non-hydrogen) atoms. The number of carbonyl (C=O) groups excluding carboxylic acids is 1. The summed E-state index contributed by atoms with van der Waals surface area (Å²) < 4.78 is 4.68. The van der Waals surface area contributed by atoms with Gasteiger partial charge in [0.15, 0.2) is 0 Å². The number of halogens is 1. The van der Waals surface area contributed by atoms with Gasteiger partial charge in [0, 0.05) is 23.7 Å². The Kier molecular flexibility index (Phi) is 5.64. The number of nitrogens with one attached hydrogen (secondary N) is 1. The number of hydrogen-bond donors (Lipinski definition) is 1. The quantitative estimate of drug-likeness (QED) is 0.818. The zero-order chi connectivity index (χ0) is 15.1. The van der Waals surface area contributed by atoms with Crippen molar-refractivity contribution in [3.8, 4) is 0 Å². The van der Waals surface area contributed by atoms with Gasteiger partial charge in [-0.2, -0.15) is 0 Å². The van der Waals surface area contributed by atoms with E-state index in [9.17, 15) is 4.79 Å². The second-order valence-electron chi connectivity index (χ2n) is 4.71. The molecular weight excluding hydrogens is 286 g/mol. The third-order valence-corrected chi connectivity index (χ3v) is 3.49. The third-order valence-electron chi connectivity index (χ3n) is 3.24.